The average molecular weight is 312 g/mol. The topological polar surface area (TPSA) is 26.0 Å². The van der Waals surface area contributed by atoms with Crippen molar-refractivity contribution in [1.29, 1.82) is 0 Å². The number of aryl methyl sites for hydroxylation is 1. The molecule has 0 aliphatic heterocycles. The average Bonchev–Trinajstić information content (AvgIpc) is 2.41. The summed E-state index contributed by atoms with van der Waals surface area (Å²) in [5, 5.41) is 1.58. The number of thioether (sulfide) groups is 1. The Bertz CT molecular complexity index is 572. The Morgan fingerprint density at radius 3 is 2.58 bits per heavy atom. The molecule has 0 spiro atoms. The van der Waals surface area contributed by atoms with Gasteiger partial charge in [-0.1, -0.05) is 47.5 Å². The second kappa shape index (κ2) is 6.67. The summed E-state index contributed by atoms with van der Waals surface area (Å²) >= 11 is 13.9. The lowest BCUT2D eigenvalue weighted by atomic mass is 10.1. The third kappa shape index (κ3) is 3.67. The van der Waals surface area contributed by atoms with Crippen LogP contribution in [-0.2, 0) is 0 Å². The van der Waals surface area contributed by atoms with Crippen molar-refractivity contribution in [3.63, 3.8) is 0 Å². The van der Waals surface area contributed by atoms with Crippen molar-refractivity contribution in [1.82, 2.24) is 0 Å². The van der Waals surface area contributed by atoms with E-state index < -0.39 is 0 Å². The largest absolute Gasteiger partial charge is 0.329 e. The summed E-state index contributed by atoms with van der Waals surface area (Å²) in [6, 6.07) is 13.8. The molecule has 0 aromatic heterocycles. The molecule has 0 saturated heterocycles. The van der Waals surface area contributed by atoms with Crippen molar-refractivity contribution >= 4 is 35.0 Å². The quantitative estimate of drug-likeness (QED) is 0.795. The molecule has 4 heteroatoms. The van der Waals surface area contributed by atoms with Crippen LogP contribution in [0.1, 0.15) is 16.4 Å². The van der Waals surface area contributed by atoms with Crippen molar-refractivity contribution in [3.05, 3.63) is 63.6 Å². The van der Waals surface area contributed by atoms with E-state index in [0.717, 1.165) is 4.90 Å². The van der Waals surface area contributed by atoms with Crippen LogP contribution in [0.2, 0.25) is 10.0 Å². The fourth-order valence-electron chi connectivity index (χ4n) is 1.91. The molecule has 2 aromatic rings. The first-order valence-corrected chi connectivity index (χ1v) is 7.62. The van der Waals surface area contributed by atoms with E-state index in [0.29, 0.717) is 16.6 Å². The molecule has 1 atom stereocenters. The maximum Gasteiger partial charge on any atom is 0.0543 e. The van der Waals surface area contributed by atoms with Gasteiger partial charge in [-0.3, -0.25) is 0 Å². The summed E-state index contributed by atoms with van der Waals surface area (Å²) in [6.07, 6.45) is 0. The SMILES string of the molecule is Cc1ccccc1C(CN)Sc1cc(Cl)ccc1Cl. The standard InChI is InChI=1S/C15H15Cl2NS/c1-10-4-2-3-5-12(10)15(9-18)19-14-8-11(16)6-7-13(14)17/h2-8,15H,9,18H2,1H3. The first kappa shape index (κ1) is 14.7. The highest BCUT2D eigenvalue weighted by molar-refractivity contribution is 7.99. The Balaban J connectivity index is 2.29. The monoisotopic (exact) mass is 311 g/mol. The Hall–Kier alpha value is -0.670. The van der Waals surface area contributed by atoms with Gasteiger partial charge in [-0.05, 0) is 36.2 Å². The molecule has 0 heterocycles. The van der Waals surface area contributed by atoms with E-state index in [9.17, 15) is 0 Å². The van der Waals surface area contributed by atoms with E-state index in [1.807, 2.05) is 24.3 Å². The van der Waals surface area contributed by atoms with Gasteiger partial charge in [0.25, 0.3) is 0 Å². The molecule has 0 bridgehead atoms. The molecule has 0 aliphatic carbocycles. The van der Waals surface area contributed by atoms with Gasteiger partial charge in [0.05, 0.1) is 5.02 Å². The van der Waals surface area contributed by atoms with Gasteiger partial charge in [0.2, 0.25) is 0 Å². The van der Waals surface area contributed by atoms with E-state index in [-0.39, 0.29) is 5.25 Å². The van der Waals surface area contributed by atoms with Gasteiger partial charge in [0.15, 0.2) is 0 Å². The number of halogens is 2. The van der Waals surface area contributed by atoms with Gasteiger partial charge in [0, 0.05) is 21.7 Å². The summed E-state index contributed by atoms with van der Waals surface area (Å²) < 4.78 is 0. The van der Waals surface area contributed by atoms with Crippen molar-refractivity contribution < 1.29 is 0 Å². The Morgan fingerprint density at radius 2 is 1.89 bits per heavy atom. The van der Waals surface area contributed by atoms with Crippen LogP contribution >= 0.6 is 35.0 Å². The summed E-state index contributed by atoms with van der Waals surface area (Å²) in [6.45, 7) is 2.65. The van der Waals surface area contributed by atoms with Gasteiger partial charge in [-0.25, -0.2) is 0 Å². The van der Waals surface area contributed by atoms with Crippen molar-refractivity contribution in [2.24, 2.45) is 5.73 Å². The fraction of sp³-hybridized carbons (Fsp3) is 0.200. The predicted molar refractivity (Wildman–Crippen MR) is 85.3 cm³/mol. The lowest BCUT2D eigenvalue weighted by molar-refractivity contribution is 0.931. The summed E-state index contributed by atoms with van der Waals surface area (Å²) in [5.74, 6) is 0. The van der Waals surface area contributed by atoms with E-state index >= 15 is 0 Å². The molecular formula is C15H15Cl2NS. The van der Waals surface area contributed by atoms with Gasteiger partial charge in [-0.2, -0.15) is 0 Å². The van der Waals surface area contributed by atoms with Crippen LogP contribution in [0, 0.1) is 6.92 Å². The molecule has 0 saturated carbocycles. The second-order valence-corrected chi connectivity index (χ2v) is 6.36. The van der Waals surface area contributed by atoms with Crippen LogP contribution in [0.25, 0.3) is 0 Å². The molecule has 0 aliphatic rings. The molecule has 0 amide bonds. The molecule has 2 rings (SSSR count). The highest BCUT2D eigenvalue weighted by atomic mass is 35.5. The number of benzene rings is 2. The first-order chi connectivity index (χ1) is 9.11. The Labute approximate surface area is 128 Å². The molecule has 0 radical (unpaired) electrons. The zero-order chi connectivity index (χ0) is 13.8. The van der Waals surface area contributed by atoms with E-state index in [1.54, 1.807) is 17.8 Å². The Kier molecular flexibility index (Phi) is 5.17. The third-order valence-corrected chi connectivity index (χ3v) is 4.91. The lowest BCUT2D eigenvalue weighted by Gasteiger charge is -2.18. The van der Waals surface area contributed by atoms with Crippen LogP contribution in [0.5, 0.6) is 0 Å². The molecular weight excluding hydrogens is 297 g/mol. The van der Waals surface area contributed by atoms with Crippen molar-refractivity contribution in [2.45, 2.75) is 17.1 Å². The minimum absolute atomic E-state index is 0.178. The number of nitrogens with two attached hydrogens (primary N) is 1. The van der Waals surface area contributed by atoms with E-state index in [4.69, 9.17) is 28.9 Å². The minimum Gasteiger partial charge on any atom is -0.329 e. The smallest absolute Gasteiger partial charge is 0.0543 e. The highest BCUT2D eigenvalue weighted by Crippen LogP contribution is 2.40. The van der Waals surface area contributed by atoms with E-state index in [2.05, 4.69) is 19.1 Å². The van der Waals surface area contributed by atoms with Gasteiger partial charge in [0.1, 0.15) is 0 Å². The van der Waals surface area contributed by atoms with Crippen LogP contribution in [0.4, 0.5) is 0 Å². The molecule has 1 unspecified atom stereocenters. The van der Waals surface area contributed by atoms with E-state index in [1.165, 1.54) is 11.1 Å². The molecule has 19 heavy (non-hydrogen) atoms. The first-order valence-electron chi connectivity index (χ1n) is 5.99. The molecule has 2 aromatic carbocycles. The molecule has 1 nitrogen and oxygen atoms in total. The maximum atomic E-state index is 6.20. The van der Waals surface area contributed by atoms with Crippen LogP contribution in [0.3, 0.4) is 0 Å². The number of rotatable bonds is 4. The number of hydrogen-bond donors (Lipinski definition) is 1. The highest BCUT2D eigenvalue weighted by Gasteiger charge is 2.15. The van der Waals surface area contributed by atoms with Gasteiger partial charge < -0.3 is 5.73 Å². The number of hydrogen-bond acceptors (Lipinski definition) is 2. The van der Waals surface area contributed by atoms with Crippen molar-refractivity contribution in [3.8, 4) is 0 Å². The van der Waals surface area contributed by atoms with Crippen LogP contribution in [-0.4, -0.2) is 6.54 Å². The minimum atomic E-state index is 0.178. The zero-order valence-electron chi connectivity index (χ0n) is 10.6. The van der Waals surface area contributed by atoms with Crippen molar-refractivity contribution in [2.75, 3.05) is 6.54 Å². The normalized spacial score (nSPS) is 12.4. The summed E-state index contributed by atoms with van der Waals surface area (Å²) in [4.78, 5) is 0.966. The molecule has 100 valence electrons. The predicted octanol–water partition coefficient (Wildman–Crippen LogP) is 5.09. The third-order valence-electron chi connectivity index (χ3n) is 2.91. The Morgan fingerprint density at radius 1 is 1.16 bits per heavy atom. The van der Waals surface area contributed by atoms with Crippen LogP contribution < -0.4 is 5.73 Å². The summed E-state index contributed by atoms with van der Waals surface area (Å²) in [5.41, 5.74) is 8.39. The zero-order valence-corrected chi connectivity index (χ0v) is 12.9. The maximum absolute atomic E-state index is 6.20. The van der Waals surface area contributed by atoms with Gasteiger partial charge >= 0.3 is 0 Å². The molecule has 0 fully saturated rings. The van der Waals surface area contributed by atoms with Crippen LogP contribution in [0.15, 0.2) is 47.4 Å². The fourth-order valence-corrected chi connectivity index (χ4v) is 3.57. The van der Waals surface area contributed by atoms with Gasteiger partial charge in [-0.15, -0.1) is 11.8 Å². The second-order valence-electron chi connectivity index (χ2n) is 4.27. The summed E-state index contributed by atoms with van der Waals surface area (Å²) in [7, 11) is 0. The molecule has 2 N–H and O–H groups in total. The lowest BCUT2D eigenvalue weighted by Crippen LogP contribution is -2.10.